The van der Waals surface area contributed by atoms with E-state index in [1.165, 1.54) is 113 Å². The summed E-state index contributed by atoms with van der Waals surface area (Å²) in [5.74, 6) is -3.63. The van der Waals surface area contributed by atoms with E-state index in [9.17, 15) is 33.3 Å². The van der Waals surface area contributed by atoms with Gasteiger partial charge in [0.05, 0.1) is 62.9 Å². The highest BCUT2D eigenvalue weighted by atomic mass is 32.1. The summed E-state index contributed by atoms with van der Waals surface area (Å²) in [4.78, 5) is 42.2. The van der Waals surface area contributed by atoms with E-state index in [1.807, 2.05) is 24.3 Å². The first-order chi connectivity index (χ1) is 48.6. The molecule has 0 radical (unpaired) electrons. The van der Waals surface area contributed by atoms with Gasteiger partial charge >= 0.3 is 0 Å². The van der Waals surface area contributed by atoms with E-state index >= 15 is 4.39 Å². The third-order valence-electron chi connectivity index (χ3n) is 19.9. The molecule has 100 heavy (non-hydrogen) atoms. The highest BCUT2D eigenvalue weighted by molar-refractivity contribution is 7.29. The van der Waals surface area contributed by atoms with Gasteiger partial charge in [0.2, 0.25) is 0 Å². The van der Waals surface area contributed by atoms with E-state index in [-0.39, 0.29) is 56.4 Å². The molecule has 2 atom stereocenters. The van der Waals surface area contributed by atoms with Crippen LogP contribution in [0.3, 0.4) is 0 Å². The minimum Gasteiger partial charge on any atom is -0.492 e. The first kappa shape index (κ1) is 76.8. The third-order valence-corrected chi connectivity index (χ3v) is 24.8. The van der Waals surface area contributed by atoms with Crippen LogP contribution in [0.4, 0.5) is 17.6 Å². The van der Waals surface area contributed by atoms with Crippen LogP contribution in [0.5, 0.6) is 17.2 Å². The number of nitrogens with zero attached hydrogens (tertiary/aromatic N) is 4. The summed E-state index contributed by atoms with van der Waals surface area (Å²) in [7, 11) is 0. The summed E-state index contributed by atoms with van der Waals surface area (Å²) in [5, 5.41) is 20.5. The average molecular weight is 1430 g/mol. The molecule has 2 aromatic carbocycles. The molecule has 0 fully saturated rings. The zero-order valence-corrected chi connectivity index (χ0v) is 62.3. The predicted octanol–water partition coefficient (Wildman–Crippen LogP) is 26.8. The standard InChI is InChI=1S/C83H94F4N4O5S4/c1-9-15-19-21-23-25-27-29-31-33-37-83(38-34-32-30-28-26-24-22-20-16-10-2)63-47-73(80-70(94-51-53(13-5)35-17-11-3)41-55(97-80)39-61-75(68(49-88)90-7)57-43-64(84)66(86)45-59(57)77(61)92)99-79(63)82-72(96-83)48-74(100-82)81-71(95-52-54(14-6)36-18-12-4)42-56(98-81)40-62-76(69(50-89)91-8)58-44-65(85)67(87)46-60(58)78(62)93/h39-48,53-54H,9-38,51-52H2,1-6H3/b61-39-,62-40-,75-68-,76-69+. The summed E-state index contributed by atoms with van der Waals surface area (Å²) < 4.78 is 81.5. The van der Waals surface area contributed by atoms with Gasteiger partial charge in [0, 0.05) is 59.7 Å². The Labute approximate surface area is 606 Å². The second kappa shape index (κ2) is 37.5. The number of thiophene rings is 4. The summed E-state index contributed by atoms with van der Waals surface area (Å²) in [6, 6.07) is 15.4. The van der Waals surface area contributed by atoms with Crippen LogP contribution in [-0.2, 0) is 5.60 Å². The van der Waals surface area contributed by atoms with E-state index in [0.717, 1.165) is 168 Å². The maximum absolute atomic E-state index is 15.0. The van der Waals surface area contributed by atoms with Crippen molar-refractivity contribution in [3.05, 3.63) is 155 Å². The number of hydrogen-bond donors (Lipinski definition) is 0. The number of fused-ring (bicyclic) bond motifs is 5. The molecule has 0 N–H and O–H groups in total. The molecule has 0 bridgehead atoms. The van der Waals surface area contributed by atoms with Crippen LogP contribution < -0.4 is 14.2 Å². The SMILES string of the molecule is [C-]#[N+]/C(C#N)=C1\C(=C\c2cc(OCC(CC)CCCC)c(-c3cc4c(s3)-c3sc(-c5sc(/C=C6\C(=O)c7cc(F)c(F)cc7\C6=C(\C#N)[N+]#[C-])cc5OCC(CC)CCCC)cc3OC4(CCCCCCCCCCCC)CCCCCCCCCCCC)s2)C(=O)c2cc(F)c(F)cc21. The van der Waals surface area contributed by atoms with Crippen LogP contribution in [0, 0.1) is 70.9 Å². The van der Waals surface area contributed by atoms with Crippen molar-refractivity contribution in [1.29, 1.82) is 10.5 Å². The van der Waals surface area contributed by atoms with Gasteiger partial charge in [-0.2, -0.15) is 0 Å². The molecule has 9 nitrogen and oxygen atoms in total. The smallest absolute Gasteiger partial charge is 0.270 e. The molecule has 2 aliphatic carbocycles. The molecular formula is C83H94F4N4O5S4. The van der Waals surface area contributed by atoms with Crippen molar-refractivity contribution < 1.29 is 41.4 Å². The van der Waals surface area contributed by atoms with Crippen LogP contribution in [-0.4, -0.2) is 24.8 Å². The second-order valence-corrected chi connectivity index (χ2v) is 31.3. The number of ketones is 2. The van der Waals surface area contributed by atoms with E-state index in [1.54, 1.807) is 34.8 Å². The number of allylic oxidation sites excluding steroid dienone is 6. The molecule has 5 heterocycles. The number of carbonyl (C=O) groups is 2. The van der Waals surface area contributed by atoms with Gasteiger partial charge in [-0.3, -0.25) is 9.59 Å². The van der Waals surface area contributed by atoms with Crippen molar-refractivity contribution in [1.82, 2.24) is 0 Å². The van der Waals surface area contributed by atoms with Gasteiger partial charge in [-0.05, 0) is 116 Å². The van der Waals surface area contributed by atoms with Crippen LogP contribution in [0.2, 0.25) is 0 Å². The van der Waals surface area contributed by atoms with E-state index < -0.39 is 51.8 Å². The Morgan fingerprint density at radius 3 is 1.24 bits per heavy atom. The Bertz CT molecular complexity index is 4130. The summed E-state index contributed by atoms with van der Waals surface area (Å²) in [6.45, 7) is 29.9. The summed E-state index contributed by atoms with van der Waals surface area (Å²) >= 11 is 6.05. The van der Waals surface area contributed by atoms with Gasteiger partial charge in [-0.1, -0.05) is 196 Å². The molecule has 528 valence electrons. The van der Waals surface area contributed by atoms with E-state index in [4.69, 9.17) is 27.4 Å². The van der Waals surface area contributed by atoms with Crippen molar-refractivity contribution in [2.24, 2.45) is 11.8 Å². The lowest BCUT2D eigenvalue weighted by Gasteiger charge is -2.38. The number of halogens is 4. The molecule has 9 rings (SSSR count). The van der Waals surface area contributed by atoms with Gasteiger partial charge in [0.25, 0.3) is 11.4 Å². The Morgan fingerprint density at radius 1 is 0.490 bits per heavy atom. The lowest BCUT2D eigenvalue weighted by Crippen LogP contribution is -2.35. The maximum atomic E-state index is 15.0. The largest absolute Gasteiger partial charge is 0.492 e. The summed E-state index contributed by atoms with van der Waals surface area (Å²) in [6.07, 6.45) is 36.3. The molecule has 0 saturated carbocycles. The number of unbranched alkanes of at least 4 members (excludes halogenated alkanes) is 20. The van der Waals surface area contributed by atoms with Crippen molar-refractivity contribution in [2.45, 2.75) is 240 Å². The van der Waals surface area contributed by atoms with Gasteiger partial charge in [0.1, 0.15) is 22.8 Å². The number of ether oxygens (including phenoxy) is 3. The second-order valence-electron chi connectivity index (χ2n) is 27.0. The number of carbonyl (C=O) groups excluding carboxylic acids is 2. The third kappa shape index (κ3) is 18.3. The first-order valence-electron chi connectivity index (χ1n) is 36.7. The van der Waals surface area contributed by atoms with Gasteiger partial charge in [-0.15, -0.1) is 45.3 Å². The number of Topliss-reactive ketones (excluding diaryl/α,β-unsaturated/α-hetero) is 2. The number of benzene rings is 2. The fourth-order valence-electron chi connectivity index (χ4n) is 14.0. The molecular weight excluding hydrogens is 1340 g/mol. The normalized spacial score (nSPS) is 15.9. The van der Waals surface area contributed by atoms with Crippen molar-refractivity contribution in [3.63, 3.8) is 0 Å². The number of rotatable bonds is 40. The van der Waals surface area contributed by atoms with Crippen LogP contribution in [0.15, 0.2) is 71.1 Å². The lowest BCUT2D eigenvalue weighted by atomic mass is 9.81. The molecule has 0 amide bonds. The van der Waals surface area contributed by atoms with Gasteiger partial charge in [-0.25, -0.2) is 37.8 Å². The van der Waals surface area contributed by atoms with Crippen molar-refractivity contribution >= 4 is 80.2 Å². The highest BCUT2D eigenvalue weighted by Gasteiger charge is 2.44. The first-order valence-corrected chi connectivity index (χ1v) is 40.0. The van der Waals surface area contributed by atoms with Crippen LogP contribution in [0.1, 0.15) is 281 Å². The monoisotopic (exact) mass is 1430 g/mol. The Morgan fingerprint density at radius 2 is 0.860 bits per heavy atom. The van der Waals surface area contributed by atoms with Crippen LogP contribution in [0.25, 0.3) is 62.3 Å². The fourth-order valence-corrected chi connectivity index (χ4v) is 18.8. The van der Waals surface area contributed by atoms with E-state index in [2.05, 4.69) is 63.4 Å². The fraction of sp³-hybridized carbons (Fsp3) is 0.494. The summed E-state index contributed by atoms with van der Waals surface area (Å²) in [5.41, 5.74) is -0.879. The highest BCUT2D eigenvalue weighted by Crippen LogP contribution is 2.61. The van der Waals surface area contributed by atoms with Crippen molar-refractivity contribution in [3.8, 4) is 58.6 Å². The average Bonchev–Trinajstić information content (AvgIpc) is 1.57. The van der Waals surface area contributed by atoms with Crippen LogP contribution >= 0.6 is 45.3 Å². The van der Waals surface area contributed by atoms with Crippen molar-refractivity contribution in [2.75, 3.05) is 13.2 Å². The zero-order valence-electron chi connectivity index (χ0n) is 59.0. The Balaban J connectivity index is 1.20. The zero-order chi connectivity index (χ0) is 71.3. The Kier molecular flexibility index (Phi) is 28.8. The minimum absolute atomic E-state index is 0.00918. The number of hydrogen-bond acceptors (Lipinski definition) is 11. The van der Waals surface area contributed by atoms with E-state index in [0.29, 0.717) is 34.5 Å². The van der Waals surface area contributed by atoms with Gasteiger partial charge < -0.3 is 14.2 Å². The topological polar surface area (TPSA) is 118 Å². The predicted molar refractivity (Wildman–Crippen MR) is 403 cm³/mol. The maximum Gasteiger partial charge on any atom is 0.270 e. The quantitative estimate of drug-likeness (QED) is 0.0124. The molecule has 3 aliphatic rings. The minimum atomic E-state index is -1.21. The molecule has 1 aliphatic heterocycles. The van der Waals surface area contributed by atoms with Gasteiger partial charge in [0.15, 0.2) is 34.8 Å². The molecule has 0 saturated heterocycles. The molecule has 6 aromatic rings. The lowest BCUT2D eigenvalue weighted by molar-refractivity contribution is 0.0398. The number of nitriles is 2. The molecule has 2 unspecified atom stereocenters. The molecule has 17 heteroatoms. The molecule has 0 spiro atoms. The molecule has 4 aromatic heterocycles. The Hall–Kier alpha value is -7.38.